The van der Waals surface area contributed by atoms with Gasteiger partial charge in [-0.1, -0.05) is 25.0 Å². The van der Waals surface area contributed by atoms with E-state index in [1.54, 1.807) is 12.1 Å². The molecule has 1 fully saturated rings. The predicted molar refractivity (Wildman–Crippen MR) is 82.2 cm³/mol. The summed E-state index contributed by atoms with van der Waals surface area (Å²) in [7, 11) is 0. The number of carbonyl (C=O) groups is 1. The van der Waals surface area contributed by atoms with Crippen LogP contribution in [0.5, 0.6) is 0 Å². The fourth-order valence-corrected chi connectivity index (χ4v) is 3.09. The molecule has 3 unspecified atom stereocenters. The number of nitrogens with two attached hydrogens (primary N) is 1. The van der Waals surface area contributed by atoms with Gasteiger partial charge in [-0.2, -0.15) is 5.26 Å². The van der Waals surface area contributed by atoms with Gasteiger partial charge in [-0.15, -0.1) is 0 Å². The molecule has 1 aliphatic carbocycles. The molecule has 0 radical (unpaired) electrons. The van der Waals surface area contributed by atoms with E-state index in [0.29, 0.717) is 18.0 Å². The molecule has 3 N–H and O–H groups in total. The zero-order chi connectivity index (χ0) is 15.2. The van der Waals surface area contributed by atoms with Gasteiger partial charge in [0.2, 0.25) is 5.91 Å². The van der Waals surface area contributed by atoms with Gasteiger partial charge >= 0.3 is 0 Å². The molecule has 0 aromatic heterocycles. The van der Waals surface area contributed by atoms with Crippen LogP contribution in [0.15, 0.2) is 24.3 Å². The Morgan fingerprint density at radius 3 is 2.67 bits per heavy atom. The zero-order valence-electron chi connectivity index (χ0n) is 12.5. The third kappa shape index (κ3) is 3.83. The molecule has 4 nitrogen and oxygen atoms in total. The Kier molecular flexibility index (Phi) is 5.35. The summed E-state index contributed by atoms with van der Waals surface area (Å²) in [6, 6.07) is 9.39. The molecule has 0 aliphatic heterocycles. The number of nitrogens with zero attached hydrogens (tertiary/aromatic N) is 1. The summed E-state index contributed by atoms with van der Waals surface area (Å²) in [4.78, 5) is 12.5. The molecule has 0 spiro atoms. The van der Waals surface area contributed by atoms with E-state index in [0.717, 1.165) is 24.8 Å². The maximum Gasteiger partial charge on any atom is 0.223 e. The molecule has 1 aromatic carbocycles. The van der Waals surface area contributed by atoms with Crippen molar-refractivity contribution in [1.29, 1.82) is 5.26 Å². The largest absolute Gasteiger partial charge is 0.349 e. The minimum absolute atomic E-state index is 0.0459. The highest BCUT2D eigenvalue weighted by atomic mass is 16.1. The van der Waals surface area contributed by atoms with Gasteiger partial charge in [0.15, 0.2) is 0 Å². The van der Waals surface area contributed by atoms with Crippen LogP contribution in [-0.2, 0) is 4.79 Å². The van der Waals surface area contributed by atoms with E-state index in [9.17, 15) is 4.79 Å². The van der Waals surface area contributed by atoms with E-state index in [-0.39, 0.29) is 17.9 Å². The lowest BCUT2D eigenvalue weighted by molar-refractivity contribution is -0.128. The second kappa shape index (κ2) is 7.24. The Bertz CT molecular complexity index is 518. The fraction of sp³-hybridized carbons (Fsp3) is 0.529. The van der Waals surface area contributed by atoms with Gasteiger partial charge in [0, 0.05) is 5.92 Å². The first-order chi connectivity index (χ1) is 10.2. The summed E-state index contributed by atoms with van der Waals surface area (Å²) in [5.41, 5.74) is 7.44. The summed E-state index contributed by atoms with van der Waals surface area (Å²) in [5.74, 6) is 0.471. The van der Waals surface area contributed by atoms with E-state index in [1.807, 2.05) is 19.1 Å². The van der Waals surface area contributed by atoms with Gasteiger partial charge < -0.3 is 11.1 Å². The van der Waals surface area contributed by atoms with Crippen LogP contribution in [0.2, 0.25) is 0 Å². The normalized spacial score (nSPS) is 23.1. The van der Waals surface area contributed by atoms with Gasteiger partial charge in [0.1, 0.15) is 0 Å². The highest BCUT2D eigenvalue weighted by Crippen LogP contribution is 2.30. The van der Waals surface area contributed by atoms with Gasteiger partial charge in [0.05, 0.1) is 17.7 Å². The molecule has 21 heavy (non-hydrogen) atoms. The summed E-state index contributed by atoms with van der Waals surface area (Å²) < 4.78 is 0. The first-order valence-corrected chi connectivity index (χ1v) is 7.66. The van der Waals surface area contributed by atoms with Crippen LogP contribution < -0.4 is 11.1 Å². The number of benzene rings is 1. The molecule has 112 valence electrons. The SMILES string of the molecule is CC(NC(=O)C1CCCCC1CN)c1ccc(C#N)cc1. The molecule has 1 saturated carbocycles. The number of hydrogen-bond donors (Lipinski definition) is 2. The molecule has 3 atom stereocenters. The van der Waals surface area contributed by atoms with Crippen LogP contribution in [0.3, 0.4) is 0 Å². The van der Waals surface area contributed by atoms with Crippen LogP contribution in [-0.4, -0.2) is 12.5 Å². The fourth-order valence-electron chi connectivity index (χ4n) is 3.09. The summed E-state index contributed by atoms with van der Waals surface area (Å²) in [6.45, 7) is 2.56. The first-order valence-electron chi connectivity index (χ1n) is 7.66. The average molecular weight is 285 g/mol. The minimum Gasteiger partial charge on any atom is -0.349 e. The third-order valence-electron chi connectivity index (χ3n) is 4.45. The predicted octanol–water partition coefficient (Wildman–Crippen LogP) is 2.50. The lowest BCUT2D eigenvalue weighted by atomic mass is 9.78. The van der Waals surface area contributed by atoms with Crippen molar-refractivity contribution in [2.24, 2.45) is 17.6 Å². The van der Waals surface area contributed by atoms with Crippen LogP contribution in [0.25, 0.3) is 0 Å². The number of rotatable bonds is 4. The Balaban J connectivity index is 1.99. The summed E-state index contributed by atoms with van der Waals surface area (Å²) in [5, 5.41) is 11.9. The molecule has 1 aliphatic rings. The highest BCUT2D eigenvalue weighted by Gasteiger charge is 2.30. The summed E-state index contributed by atoms with van der Waals surface area (Å²) in [6.07, 6.45) is 4.28. The monoisotopic (exact) mass is 285 g/mol. The van der Waals surface area contributed by atoms with Crippen molar-refractivity contribution in [3.63, 3.8) is 0 Å². The minimum atomic E-state index is -0.0504. The maximum atomic E-state index is 12.5. The number of nitriles is 1. The molecule has 0 bridgehead atoms. The van der Waals surface area contributed by atoms with E-state index in [4.69, 9.17) is 11.0 Å². The molecule has 4 heteroatoms. The topological polar surface area (TPSA) is 78.9 Å². The van der Waals surface area contributed by atoms with Crippen molar-refractivity contribution in [2.45, 2.75) is 38.6 Å². The molecule has 2 rings (SSSR count). The quantitative estimate of drug-likeness (QED) is 0.892. The smallest absolute Gasteiger partial charge is 0.223 e. The number of amides is 1. The van der Waals surface area contributed by atoms with E-state index >= 15 is 0 Å². The zero-order valence-corrected chi connectivity index (χ0v) is 12.5. The molecule has 1 amide bonds. The van der Waals surface area contributed by atoms with E-state index in [1.165, 1.54) is 6.42 Å². The highest BCUT2D eigenvalue weighted by molar-refractivity contribution is 5.79. The number of carbonyl (C=O) groups excluding carboxylic acids is 1. The summed E-state index contributed by atoms with van der Waals surface area (Å²) >= 11 is 0. The molecule has 0 heterocycles. The average Bonchev–Trinajstić information content (AvgIpc) is 2.54. The second-order valence-corrected chi connectivity index (χ2v) is 5.85. The number of hydrogen-bond acceptors (Lipinski definition) is 3. The Morgan fingerprint density at radius 1 is 1.38 bits per heavy atom. The molecular formula is C17H23N3O. The van der Waals surface area contributed by atoms with Crippen LogP contribution >= 0.6 is 0 Å². The van der Waals surface area contributed by atoms with Crippen molar-refractivity contribution < 1.29 is 4.79 Å². The van der Waals surface area contributed by atoms with Gasteiger partial charge in [-0.05, 0) is 49.9 Å². The molecular weight excluding hydrogens is 262 g/mol. The van der Waals surface area contributed by atoms with Crippen molar-refractivity contribution in [2.75, 3.05) is 6.54 Å². The number of nitrogens with one attached hydrogen (secondary N) is 1. The Morgan fingerprint density at radius 2 is 2.05 bits per heavy atom. The van der Waals surface area contributed by atoms with Gasteiger partial charge in [-0.3, -0.25) is 4.79 Å². The van der Waals surface area contributed by atoms with Crippen molar-refractivity contribution in [3.8, 4) is 6.07 Å². The van der Waals surface area contributed by atoms with Crippen LogP contribution in [0.1, 0.15) is 49.8 Å². The lowest BCUT2D eigenvalue weighted by Gasteiger charge is -2.30. The Hall–Kier alpha value is -1.86. The van der Waals surface area contributed by atoms with Gasteiger partial charge in [-0.25, -0.2) is 0 Å². The third-order valence-corrected chi connectivity index (χ3v) is 4.45. The van der Waals surface area contributed by atoms with E-state index in [2.05, 4.69) is 11.4 Å². The second-order valence-electron chi connectivity index (χ2n) is 5.85. The van der Waals surface area contributed by atoms with Crippen molar-refractivity contribution >= 4 is 5.91 Å². The standard InChI is InChI=1S/C17H23N3O/c1-12(14-8-6-13(10-18)7-9-14)20-17(21)16-5-3-2-4-15(16)11-19/h6-9,12,15-16H,2-5,11,19H2,1H3,(H,20,21). The first kappa shape index (κ1) is 15.5. The van der Waals surface area contributed by atoms with Crippen molar-refractivity contribution in [3.05, 3.63) is 35.4 Å². The molecule has 0 saturated heterocycles. The van der Waals surface area contributed by atoms with Crippen LogP contribution in [0, 0.1) is 23.2 Å². The Labute approximate surface area is 126 Å². The molecule has 1 aromatic rings. The maximum absolute atomic E-state index is 12.5. The van der Waals surface area contributed by atoms with Crippen molar-refractivity contribution in [1.82, 2.24) is 5.32 Å². The van der Waals surface area contributed by atoms with Crippen LogP contribution in [0.4, 0.5) is 0 Å². The lowest BCUT2D eigenvalue weighted by Crippen LogP contribution is -2.40. The van der Waals surface area contributed by atoms with E-state index < -0.39 is 0 Å². The van der Waals surface area contributed by atoms with Gasteiger partial charge in [0.25, 0.3) is 0 Å².